The molecule has 0 spiro atoms. The van der Waals surface area contributed by atoms with E-state index in [2.05, 4.69) is 59.0 Å². The molecule has 3 aromatic rings. The first-order valence-electron chi connectivity index (χ1n) is 10.2. The van der Waals surface area contributed by atoms with Gasteiger partial charge >= 0.3 is 0 Å². The number of fused-ring (bicyclic) bond motifs is 1. The Labute approximate surface area is 167 Å². The molecule has 1 saturated heterocycles. The number of piperazine rings is 1. The molecule has 4 heteroatoms. The van der Waals surface area contributed by atoms with Gasteiger partial charge in [0.15, 0.2) is 5.78 Å². The number of Topliss-reactive ketones (excluding diaryl/α,β-unsaturated/α-hetero) is 1. The van der Waals surface area contributed by atoms with Crippen molar-refractivity contribution >= 4 is 16.7 Å². The molecule has 4 nitrogen and oxygen atoms in total. The number of likely N-dealkylation sites (N-methyl/N-ethyl adjacent to an activating group) is 1. The largest absolute Gasteiger partial charge is 0.357 e. The molecule has 4 rings (SSSR count). The Hall–Kier alpha value is -2.43. The molecular weight excluding hydrogens is 346 g/mol. The summed E-state index contributed by atoms with van der Waals surface area (Å²) in [5.41, 5.74) is 6.91. The number of hydrogen-bond donors (Lipinski definition) is 1. The van der Waals surface area contributed by atoms with Crippen LogP contribution >= 0.6 is 0 Å². The highest BCUT2D eigenvalue weighted by atomic mass is 16.1. The topological polar surface area (TPSA) is 39.3 Å². The molecule has 1 aliphatic rings. The maximum absolute atomic E-state index is 11.7. The fourth-order valence-electron chi connectivity index (χ4n) is 4.17. The van der Waals surface area contributed by atoms with E-state index in [4.69, 9.17) is 0 Å². The Morgan fingerprint density at radius 3 is 2.32 bits per heavy atom. The molecule has 1 aliphatic heterocycles. The minimum atomic E-state index is 0.107. The molecule has 0 radical (unpaired) electrons. The lowest BCUT2D eigenvalue weighted by molar-refractivity contribution is 0.101. The van der Waals surface area contributed by atoms with Crippen LogP contribution in [0.15, 0.2) is 42.5 Å². The number of H-pyrrole nitrogens is 1. The van der Waals surface area contributed by atoms with Gasteiger partial charge < -0.3 is 9.88 Å². The molecular formula is C24H29N3O. The number of hydrogen-bond acceptors (Lipinski definition) is 3. The maximum Gasteiger partial charge on any atom is 0.159 e. The van der Waals surface area contributed by atoms with Gasteiger partial charge in [0.2, 0.25) is 0 Å². The van der Waals surface area contributed by atoms with Crippen molar-refractivity contribution in [2.45, 2.75) is 27.3 Å². The normalized spacial score (nSPS) is 16.0. The van der Waals surface area contributed by atoms with Crippen LogP contribution < -0.4 is 0 Å². The van der Waals surface area contributed by atoms with Crippen molar-refractivity contribution < 1.29 is 4.79 Å². The predicted octanol–water partition coefficient (Wildman–Crippen LogP) is 4.48. The summed E-state index contributed by atoms with van der Waals surface area (Å²) in [5, 5.41) is 1.26. The zero-order chi connectivity index (χ0) is 19.7. The van der Waals surface area contributed by atoms with E-state index in [-0.39, 0.29) is 5.78 Å². The molecule has 1 N–H and O–H groups in total. The van der Waals surface area contributed by atoms with E-state index in [0.717, 1.165) is 44.8 Å². The molecule has 0 amide bonds. The second kappa shape index (κ2) is 7.90. The van der Waals surface area contributed by atoms with Crippen molar-refractivity contribution in [3.8, 4) is 11.1 Å². The SMILES string of the molecule is CCN1CCN(Cc2[nH]c3ccc(C)cc3c2-c2ccc(C(C)=O)cc2)CC1. The molecule has 0 unspecified atom stereocenters. The number of nitrogens with one attached hydrogen (secondary N) is 1. The van der Waals surface area contributed by atoms with Gasteiger partial charge in [-0.25, -0.2) is 0 Å². The van der Waals surface area contributed by atoms with Gasteiger partial charge in [-0.2, -0.15) is 0 Å². The number of carbonyl (C=O) groups is 1. The first-order chi connectivity index (χ1) is 13.5. The number of aromatic amines is 1. The molecule has 146 valence electrons. The van der Waals surface area contributed by atoms with Crippen molar-refractivity contribution in [2.75, 3.05) is 32.7 Å². The summed E-state index contributed by atoms with van der Waals surface area (Å²) in [6, 6.07) is 14.6. The molecule has 0 aliphatic carbocycles. The third-order valence-corrected chi connectivity index (χ3v) is 5.91. The van der Waals surface area contributed by atoms with Gasteiger partial charge in [0.25, 0.3) is 0 Å². The smallest absolute Gasteiger partial charge is 0.159 e. The van der Waals surface area contributed by atoms with Crippen LogP contribution in [0.2, 0.25) is 0 Å². The summed E-state index contributed by atoms with van der Waals surface area (Å²) in [4.78, 5) is 20.4. The lowest BCUT2D eigenvalue weighted by Crippen LogP contribution is -2.45. The fraction of sp³-hybridized carbons (Fsp3) is 0.375. The van der Waals surface area contributed by atoms with Gasteiger partial charge in [-0.15, -0.1) is 0 Å². The highest BCUT2D eigenvalue weighted by Gasteiger charge is 2.20. The molecule has 0 atom stereocenters. The van der Waals surface area contributed by atoms with E-state index in [1.807, 2.05) is 12.1 Å². The van der Waals surface area contributed by atoms with Gasteiger partial charge in [-0.3, -0.25) is 9.69 Å². The number of ketones is 1. The molecule has 1 aromatic heterocycles. The molecule has 1 fully saturated rings. The Bertz CT molecular complexity index is 979. The van der Waals surface area contributed by atoms with Crippen molar-refractivity contribution in [1.29, 1.82) is 0 Å². The summed E-state index contributed by atoms with van der Waals surface area (Å²) in [5.74, 6) is 0.107. The molecule has 0 saturated carbocycles. The van der Waals surface area contributed by atoms with E-state index in [1.165, 1.54) is 33.3 Å². The first kappa shape index (κ1) is 18.9. The van der Waals surface area contributed by atoms with Crippen LogP contribution in [0.3, 0.4) is 0 Å². The van der Waals surface area contributed by atoms with Crippen LogP contribution in [-0.4, -0.2) is 53.3 Å². The number of rotatable bonds is 5. The van der Waals surface area contributed by atoms with Gasteiger partial charge in [-0.1, -0.05) is 42.8 Å². The van der Waals surface area contributed by atoms with Gasteiger partial charge in [0, 0.05) is 60.4 Å². The average molecular weight is 376 g/mol. The van der Waals surface area contributed by atoms with Crippen molar-refractivity contribution in [1.82, 2.24) is 14.8 Å². The second-order valence-corrected chi connectivity index (χ2v) is 7.87. The second-order valence-electron chi connectivity index (χ2n) is 7.87. The third kappa shape index (κ3) is 3.75. The molecule has 2 heterocycles. The van der Waals surface area contributed by atoms with Crippen LogP contribution in [0.5, 0.6) is 0 Å². The third-order valence-electron chi connectivity index (χ3n) is 5.91. The Morgan fingerprint density at radius 1 is 1.00 bits per heavy atom. The van der Waals surface area contributed by atoms with Crippen LogP contribution in [-0.2, 0) is 6.54 Å². The minimum Gasteiger partial charge on any atom is -0.357 e. The molecule has 28 heavy (non-hydrogen) atoms. The Balaban J connectivity index is 1.71. The van der Waals surface area contributed by atoms with Crippen LogP contribution in [0.4, 0.5) is 0 Å². The zero-order valence-electron chi connectivity index (χ0n) is 17.1. The quantitative estimate of drug-likeness (QED) is 0.668. The number of aryl methyl sites for hydroxylation is 1. The number of nitrogens with zero attached hydrogens (tertiary/aromatic N) is 2. The van der Waals surface area contributed by atoms with Crippen LogP contribution in [0.1, 0.15) is 35.5 Å². The number of carbonyl (C=O) groups excluding carboxylic acids is 1. The van der Waals surface area contributed by atoms with Gasteiger partial charge in [-0.05, 0) is 38.1 Å². The van der Waals surface area contributed by atoms with E-state index in [9.17, 15) is 4.79 Å². The van der Waals surface area contributed by atoms with Gasteiger partial charge in [0.1, 0.15) is 0 Å². The summed E-state index contributed by atoms with van der Waals surface area (Å²) < 4.78 is 0. The van der Waals surface area contributed by atoms with Crippen molar-refractivity contribution in [3.63, 3.8) is 0 Å². The van der Waals surface area contributed by atoms with E-state index in [1.54, 1.807) is 6.92 Å². The average Bonchev–Trinajstić information content (AvgIpc) is 3.05. The minimum absolute atomic E-state index is 0.107. The van der Waals surface area contributed by atoms with Gasteiger partial charge in [0.05, 0.1) is 0 Å². The standard InChI is InChI=1S/C24H29N3O/c1-4-26-11-13-27(14-12-26)16-23-24(20-8-6-19(7-9-20)18(3)28)21-15-17(2)5-10-22(21)25-23/h5-10,15,25H,4,11-14,16H2,1-3H3. The molecule has 0 bridgehead atoms. The highest BCUT2D eigenvalue weighted by molar-refractivity contribution is 5.99. The Kier molecular flexibility index (Phi) is 5.33. The van der Waals surface area contributed by atoms with Crippen LogP contribution in [0.25, 0.3) is 22.0 Å². The van der Waals surface area contributed by atoms with Crippen molar-refractivity contribution in [3.05, 3.63) is 59.3 Å². The predicted molar refractivity (Wildman–Crippen MR) is 116 cm³/mol. The molecule has 2 aromatic carbocycles. The lowest BCUT2D eigenvalue weighted by atomic mass is 9.98. The first-order valence-corrected chi connectivity index (χ1v) is 10.2. The van der Waals surface area contributed by atoms with E-state index < -0.39 is 0 Å². The van der Waals surface area contributed by atoms with Crippen molar-refractivity contribution in [2.24, 2.45) is 0 Å². The zero-order valence-corrected chi connectivity index (χ0v) is 17.1. The monoisotopic (exact) mass is 375 g/mol. The fourth-order valence-corrected chi connectivity index (χ4v) is 4.17. The summed E-state index contributed by atoms with van der Waals surface area (Å²) >= 11 is 0. The Morgan fingerprint density at radius 2 is 1.68 bits per heavy atom. The summed E-state index contributed by atoms with van der Waals surface area (Å²) in [6.45, 7) is 12.5. The summed E-state index contributed by atoms with van der Waals surface area (Å²) in [6.07, 6.45) is 0. The highest BCUT2D eigenvalue weighted by Crippen LogP contribution is 2.34. The lowest BCUT2D eigenvalue weighted by Gasteiger charge is -2.34. The van der Waals surface area contributed by atoms with E-state index >= 15 is 0 Å². The van der Waals surface area contributed by atoms with E-state index in [0.29, 0.717) is 0 Å². The summed E-state index contributed by atoms with van der Waals surface area (Å²) in [7, 11) is 0. The van der Waals surface area contributed by atoms with Crippen LogP contribution in [0, 0.1) is 6.92 Å². The number of aromatic nitrogens is 1. The number of benzene rings is 2. The maximum atomic E-state index is 11.7.